The van der Waals surface area contributed by atoms with Crippen molar-refractivity contribution >= 4 is 22.1 Å². The zero-order chi connectivity index (χ0) is 14.9. The highest BCUT2D eigenvalue weighted by Gasteiger charge is 2.48. The third-order valence-corrected chi connectivity index (χ3v) is 5.06. The summed E-state index contributed by atoms with van der Waals surface area (Å²) in [5.41, 5.74) is 0.184. The van der Waals surface area contributed by atoms with Crippen LogP contribution in [0.5, 0.6) is 0 Å². The van der Waals surface area contributed by atoms with E-state index in [9.17, 15) is 18.0 Å². The molecule has 2 rings (SSSR count). The molecule has 0 aromatic carbocycles. The van der Waals surface area contributed by atoms with E-state index in [2.05, 4.69) is 11.3 Å². The highest BCUT2D eigenvalue weighted by Crippen LogP contribution is 2.37. The maximum Gasteiger partial charge on any atom is 0.344 e. The molecule has 0 amide bonds. The third kappa shape index (κ3) is 3.18. The van der Waals surface area contributed by atoms with Crippen LogP contribution in [0.3, 0.4) is 0 Å². The van der Waals surface area contributed by atoms with Gasteiger partial charge in [0.25, 0.3) is 10.1 Å². The molecular weight excluding hydrogens is 288 g/mol. The topological polar surface area (TPSA) is 96.0 Å². The van der Waals surface area contributed by atoms with E-state index in [1.807, 2.05) is 0 Å². The first-order valence-corrected chi connectivity index (χ1v) is 7.71. The maximum atomic E-state index is 11.5. The summed E-state index contributed by atoms with van der Waals surface area (Å²) in [6.45, 7) is 4.32. The fraction of sp³-hybridized carbons (Fsp3) is 0.667. The molecule has 20 heavy (non-hydrogen) atoms. The van der Waals surface area contributed by atoms with E-state index in [0.717, 1.165) is 0 Å². The predicted molar refractivity (Wildman–Crippen MR) is 67.1 cm³/mol. The van der Waals surface area contributed by atoms with Crippen molar-refractivity contribution in [1.29, 1.82) is 0 Å². The number of carbonyl (C=O) groups excluding carboxylic acids is 2. The Kier molecular flexibility index (Phi) is 4.14. The number of esters is 2. The Balaban J connectivity index is 1.84. The summed E-state index contributed by atoms with van der Waals surface area (Å²) in [6.07, 6.45) is -0.0674. The summed E-state index contributed by atoms with van der Waals surface area (Å²) < 4.78 is 37.7. The molecule has 7 nitrogen and oxygen atoms in total. The zero-order valence-corrected chi connectivity index (χ0v) is 11.9. The Labute approximate surface area is 117 Å². The first kappa shape index (κ1) is 15.0. The fourth-order valence-electron chi connectivity index (χ4n) is 2.26. The lowest BCUT2D eigenvalue weighted by Crippen LogP contribution is -2.35. The zero-order valence-electron chi connectivity index (χ0n) is 11.0. The summed E-state index contributed by atoms with van der Waals surface area (Å²) in [6, 6.07) is 0. The number of hydrogen-bond donors (Lipinski definition) is 0. The van der Waals surface area contributed by atoms with Gasteiger partial charge < -0.3 is 9.47 Å². The van der Waals surface area contributed by atoms with Crippen molar-refractivity contribution in [1.82, 2.24) is 0 Å². The Bertz CT molecular complexity index is 536. The van der Waals surface area contributed by atoms with E-state index in [0.29, 0.717) is 19.3 Å². The van der Waals surface area contributed by atoms with Gasteiger partial charge in [-0.1, -0.05) is 6.58 Å². The van der Waals surface area contributed by atoms with Gasteiger partial charge in [-0.15, -0.1) is 0 Å². The molecule has 2 fully saturated rings. The lowest BCUT2D eigenvalue weighted by atomic mass is 9.94. The first-order chi connectivity index (χ1) is 9.29. The normalized spacial score (nSPS) is 30.6. The van der Waals surface area contributed by atoms with E-state index in [1.54, 1.807) is 0 Å². The third-order valence-electron chi connectivity index (χ3n) is 3.30. The van der Waals surface area contributed by atoms with Gasteiger partial charge in [0, 0.05) is 5.57 Å². The average Bonchev–Trinajstić information content (AvgIpc) is 2.61. The molecule has 3 atom stereocenters. The molecule has 0 spiro atoms. The van der Waals surface area contributed by atoms with Gasteiger partial charge in [-0.25, -0.2) is 9.59 Å². The molecule has 1 saturated heterocycles. The number of fused-ring (bicyclic) bond motifs is 2. The van der Waals surface area contributed by atoms with Gasteiger partial charge in [0.05, 0.1) is 5.25 Å². The van der Waals surface area contributed by atoms with E-state index in [-0.39, 0.29) is 5.57 Å². The van der Waals surface area contributed by atoms with Gasteiger partial charge in [0.2, 0.25) is 0 Å². The molecule has 112 valence electrons. The highest BCUT2D eigenvalue weighted by atomic mass is 32.2. The first-order valence-electron chi connectivity index (χ1n) is 6.24. The van der Waals surface area contributed by atoms with Crippen LogP contribution in [0.15, 0.2) is 12.2 Å². The molecule has 1 heterocycles. The Morgan fingerprint density at radius 2 is 2.05 bits per heavy atom. The second-order valence-electron chi connectivity index (χ2n) is 4.95. The van der Waals surface area contributed by atoms with E-state index in [1.165, 1.54) is 6.92 Å². The minimum absolute atomic E-state index is 0.184. The van der Waals surface area contributed by atoms with Gasteiger partial charge in [-0.2, -0.15) is 8.42 Å². The lowest BCUT2D eigenvalue weighted by Gasteiger charge is -2.24. The van der Waals surface area contributed by atoms with Crippen LogP contribution >= 0.6 is 0 Å². The molecule has 0 radical (unpaired) electrons. The summed E-state index contributed by atoms with van der Waals surface area (Å²) in [4.78, 5) is 22.7. The molecule has 2 aliphatic rings. The second kappa shape index (κ2) is 5.53. The fourth-order valence-corrected chi connectivity index (χ4v) is 3.82. The minimum atomic E-state index is -3.52. The monoisotopic (exact) mass is 304 g/mol. The van der Waals surface area contributed by atoms with Crippen LogP contribution in [-0.4, -0.2) is 44.4 Å². The molecule has 2 bridgehead atoms. The largest absolute Gasteiger partial charge is 0.457 e. The van der Waals surface area contributed by atoms with E-state index in [4.69, 9.17) is 8.92 Å². The standard InChI is InChI=1S/C12H16O7S/c1-7(2)12(14)17-6-11(13)18-9-4-3-8-5-10(9)19-20(8,15)16/h8-10H,1,3-6H2,2H3. The van der Waals surface area contributed by atoms with Crippen LogP contribution in [0, 0.1) is 0 Å². The van der Waals surface area contributed by atoms with E-state index >= 15 is 0 Å². The molecule has 1 aliphatic carbocycles. The molecule has 0 aromatic rings. The van der Waals surface area contributed by atoms with E-state index < -0.39 is 46.1 Å². The summed E-state index contributed by atoms with van der Waals surface area (Å²) in [7, 11) is -3.52. The summed E-state index contributed by atoms with van der Waals surface area (Å²) >= 11 is 0. The average molecular weight is 304 g/mol. The summed E-state index contributed by atoms with van der Waals surface area (Å²) in [5.74, 6) is -1.40. The van der Waals surface area contributed by atoms with Crippen LogP contribution < -0.4 is 0 Å². The quantitative estimate of drug-likeness (QED) is 0.418. The van der Waals surface area contributed by atoms with Crippen molar-refractivity contribution in [3.8, 4) is 0 Å². The van der Waals surface area contributed by atoms with Crippen molar-refractivity contribution in [2.24, 2.45) is 0 Å². The van der Waals surface area contributed by atoms with Crippen LogP contribution in [0.4, 0.5) is 0 Å². The Hall–Kier alpha value is -1.41. The number of rotatable bonds is 4. The lowest BCUT2D eigenvalue weighted by molar-refractivity contribution is -0.164. The van der Waals surface area contributed by atoms with Crippen molar-refractivity contribution in [3.05, 3.63) is 12.2 Å². The molecule has 1 aliphatic heterocycles. The smallest absolute Gasteiger partial charge is 0.344 e. The predicted octanol–water partition coefficient (Wildman–Crippen LogP) is 0.299. The molecular formula is C12H16O7S. The number of hydrogen-bond acceptors (Lipinski definition) is 7. The molecule has 3 unspecified atom stereocenters. The van der Waals surface area contributed by atoms with Gasteiger partial charge in [0.15, 0.2) is 6.61 Å². The van der Waals surface area contributed by atoms with Crippen molar-refractivity contribution in [3.63, 3.8) is 0 Å². The Morgan fingerprint density at radius 3 is 2.70 bits per heavy atom. The van der Waals surface area contributed by atoms with Crippen molar-refractivity contribution < 1.29 is 31.7 Å². The maximum absolute atomic E-state index is 11.5. The van der Waals surface area contributed by atoms with Gasteiger partial charge in [0.1, 0.15) is 12.2 Å². The molecule has 0 aromatic heterocycles. The molecule has 8 heteroatoms. The van der Waals surface area contributed by atoms with Gasteiger partial charge in [-0.3, -0.25) is 4.18 Å². The van der Waals surface area contributed by atoms with Gasteiger partial charge in [-0.05, 0) is 26.2 Å². The summed E-state index contributed by atoms with van der Waals surface area (Å²) in [5, 5.41) is -0.497. The van der Waals surface area contributed by atoms with Crippen molar-refractivity contribution in [2.75, 3.05) is 6.61 Å². The number of carbonyl (C=O) groups is 2. The van der Waals surface area contributed by atoms with Crippen molar-refractivity contribution in [2.45, 2.75) is 43.6 Å². The molecule has 1 saturated carbocycles. The number of ether oxygens (including phenoxy) is 2. The highest BCUT2D eigenvalue weighted by molar-refractivity contribution is 7.87. The molecule has 0 N–H and O–H groups in total. The minimum Gasteiger partial charge on any atom is -0.457 e. The SMILES string of the molecule is C=C(C)C(=O)OCC(=O)OC1CCC2CC1OS2(=O)=O. The Morgan fingerprint density at radius 1 is 1.35 bits per heavy atom. The second-order valence-corrected chi connectivity index (χ2v) is 6.79. The van der Waals surface area contributed by atoms with Gasteiger partial charge >= 0.3 is 11.9 Å². The van der Waals surface area contributed by atoms with Crippen LogP contribution in [0.2, 0.25) is 0 Å². The van der Waals surface area contributed by atoms with Crippen LogP contribution in [-0.2, 0) is 33.4 Å². The van der Waals surface area contributed by atoms with Crippen LogP contribution in [0.1, 0.15) is 26.2 Å². The van der Waals surface area contributed by atoms with Crippen LogP contribution in [0.25, 0.3) is 0 Å².